The molecule has 0 rings (SSSR count). The zero-order valence-electron chi connectivity index (χ0n) is 9.47. The Kier molecular flexibility index (Phi) is 7.23. The molecule has 0 unspecified atom stereocenters. The zero-order chi connectivity index (χ0) is 12.6. The van der Waals surface area contributed by atoms with E-state index in [4.69, 9.17) is 14.9 Å². The number of amides is 2. The van der Waals surface area contributed by atoms with Crippen molar-refractivity contribution in [2.24, 2.45) is 0 Å². The highest BCUT2D eigenvalue weighted by Gasteiger charge is 2.15. The van der Waals surface area contributed by atoms with Crippen LogP contribution in [0.5, 0.6) is 0 Å². The Hall–Kier alpha value is -1.34. The maximum absolute atomic E-state index is 11.3. The van der Waals surface area contributed by atoms with Gasteiger partial charge in [-0.25, -0.2) is 9.59 Å². The lowest BCUT2D eigenvalue weighted by molar-refractivity contribution is -0.146. The van der Waals surface area contributed by atoms with Gasteiger partial charge in [-0.3, -0.25) is 0 Å². The van der Waals surface area contributed by atoms with Crippen LogP contribution in [0, 0.1) is 0 Å². The normalized spacial score (nSPS) is 11.9. The first-order valence-electron chi connectivity index (χ1n) is 4.87. The number of ether oxygens (including phenoxy) is 1. The molecule has 0 bridgehead atoms. The number of carboxylic acids is 1. The van der Waals surface area contributed by atoms with Gasteiger partial charge in [-0.1, -0.05) is 0 Å². The first-order chi connectivity index (χ1) is 7.49. The van der Waals surface area contributed by atoms with Crippen LogP contribution in [-0.4, -0.2) is 67.1 Å². The number of nitrogens with zero attached hydrogens (tertiary/aromatic N) is 1. The predicted octanol–water partition coefficient (Wildman–Crippen LogP) is -0.890. The summed E-state index contributed by atoms with van der Waals surface area (Å²) < 4.78 is 4.83. The number of rotatable bonds is 7. The third kappa shape index (κ3) is 6.20. The molecule has 0 spiro atoms. The molecule has 7 nitrogen and oxygen atoms in total. The number of aliphatic carboxylic acids is 1. The second-order valence-corrected chi connectivity index (χ2v) is 3.31. The molecule has 1 atom stereocenters. The van der Waals surface area contributed by atoms with Crippen molar-refractivity contribution in [3.8, 4) is 0 Å². The third-order valence-corrected chi connectivity index (χ3v) is 1.92. The summed E-state index contributed by atoms with van der Waals surface area (Å²) in [4.78, 5) is 23.0. The average Bonchev–Trinajstić information content (AvgIpc) is 2.25. The predicted molar refractivity (Wildman–Crippen MR) is 56.2 cm³/mol. The van der Waals surface area contributed by atoms with Gasteiger partial charge >= 0.3 is 12.0 Å². The molecule has 0 aromatic carbocycles. The molecule has 0 aromatic heterocycles. The van der Waals surface area contributed by atoms with Gasteiger partial charge in [-0.15, -0.1) is 0 Å². The number of methoxy groups -OCH3 is 1. The first kappa shape index (κ1) is 14.7. The molecule has 0 aromatic rings. The second-order valence-electron chi connectivity index (χ2n) is 3.31. The van der Waals surface area contributed by atoms with Gasteiger partial charge in [0.05, 0.1) is 6.54 Å². The summed E-state index contributed by atoms with van der Waals surface area (Å²) in [6.45, 7) is 0.751. The maximum Gasteiger partial charge on any atom is 0.334 e. The molecule has 0 saturated carbocycles. The maximum atomic E-state index is 11.3. The summed E-state index contributed by atoms with van der Waals surface area (Å²) in [5.74, 6) is -1.36. The Balaban J connectivity index is 3.74. The first-order valence-corrected chi connectivity index (χ1v) is 4.87. The summed E-state index contributed by atoms with van der Waals surface area (Å²) in [6, 6.07) is -0.420. The van der Waals surface area contributed by atoms with E-state index in [1.165, 1.54) is 4.90 Å². The molecule has 0 aliphatic carbocycles. The van der Waals surface area contributed by atoms with Crippen molar-refractivity contribution in [1.29, 1.82) is 0 Å². The molecular formula is C9H18N2O5. The molecule has 0 heterocycles. The lowest BCUT2D eigenvalue weighted by atomic mass is 10.3. The van der Waals surface area contributed by atoms with Crippen molar-refractivity contribution in [3.63, 3.8) is 0 Å². The van der Waals surface area contributed by atoms with Crippen molar-refractivity contribution >= 4 is 12.0 Å². The number of aliphatic hydroxyl groups is 1. The lowest BCUT2D eigenvalue weighted by Crippen LogP contribution is -2.43. The molecule has 0 aliphatic rings. The van der Waals surface area contributed by atoms with Crippen molar-refractivity contribution < 1.29 is 24.5 Å². The Bertz CT molecular complexity index is 234. The summed E-state index contributed by atoms with van der Waals surface area (Å²) >= 11 is 0. The van der Waals surface area contributed by atoms with E-state index in [9.17, 15) is 9.59 Å². The fraction of sp³-hybridized carbons (Fsp3) is 0.778. The van der Waals surface area contributed by atoms with Crippen molar-refractivity contribution in [1.82, 2.24) is 10.2 Å². The summed E-state index contributed by atoms with van der Waals surface area (Å²) in [5.41, 5.74) is 0. The molecule has 0 radical (unpaired) electrons. The van der Waals surface area contributed by atoms with Crippen molar-refractivity contribution in [2.45, 2.75) is 12.5 Å². The number of aliphatic hydroxyl groups excluding tert-OH is 1. The van der Waals surface area contributed by atoms with E-state index in [1.54, 1.807) is 14.2 Å². The molecule has 7 heteroatoms. The van der Waals surface area contributed by atoms with Gasteiger partial charge in [-0.05, 0) is 6.42 Å². The Labute approximate surface area is 94.0 Å². The Morgan fingerprint density at radius 2 is 2.12 bits per heavy atom. The fourth-order valence-corrected chi connectivity index (χ4v) is 0.954. The van der Waals surface area contributed by atoms with Crippen LogP contribution in [-0.2, 0) is 9.53 Å². The van der Waals surface area contributed by atoms with Crippen LogP contribution >= 0.6 is 0 Å². The van der Waals surface area contributed by atoms with Crippen LogP contribution in [0.2, 0.25) is 0 Å². The topological polar surface area (TPSA) is 99.1 Å². The molecule has 16 heavy (non-hydrogen) atoms. The van der Waals surface area contributed by atoms with Crippen LogP contribution < -0.4 is 5.32 Å². The highest BCUT2D eigenvalue weighted by atomic mass is 16.5. The third-order valence-electron chi connectivity index (χ3n) is 1.92. The Morgan fingerprint density at radius 3 is 2.62 bits per heavy atom. The SMILES string of the molecule is COCCCN(C)C(=O)NC[C@H](O)C(=O)O. The highest BCUT2D eigenvalue weighted by Crippen LogP contribution is 1.90. The number of carbonyl (C=O) groups excluding carboxylic acids is 1. The number of carbonyl (C=O) groups is 2. The summed E-state index contributed by atoms with van der Waals surface area (Å²) in [7, 11) is 3.15. The van der Waals surface area contributed by atoms with E-state index in [1.807, 2.05) is 0 Å². The van der Waals surface area contributed by atoms with Crippen molar-refractivity contribution in [2.75, 3.05) is 33.9 Å². The van der Waals surface area contributed by atoms with Crippen LogP contribution in [0.25, 0.3) is 0 Å². The van der Waals surface area contributed by atoms with Gasteiger partial charge in [0.1, 0.15) is 0 Å². The minimum Gasteiger partial charge on any atom is -0.479 e. The van der Waals surface area contributed by atoms with Gasteiger partial charge in [0, 0.05) is 27.3 Å². The lowest BCUT2D eigenvalue weighted by Gasteiger charge is -2.18. The van der Waals surface area contributed by atoms with E-state index < -0.39 is 18.1 Å². The van der Waals surface area contributed by atoms with Crippen LogP contribution in [0.4, 0.5) is 4.79 Å². The van der Waals surface area contributed by atoms with E-state index in [2.05, 4.69) is 5.32 Å². The van der Waals surface area contributed by atoms with Crippen LogP contribution in [0.1, 0.15) is 6.42 Å². The number of hydrogen-bond acceptors (Lipinski definition) is 4. The van der Waals surface area contributed by atoms with E-state index in [0.717, 1.165) is 0 Å². The zero-order valence-corrected chi connectivity index (χ0v) is 9.47. The van der Waals surface area contributed by atoms with Gasteiger partial charge in [0.2, 0.25) is 0 Å². The largest absolute Gasteiger partial charge is 0.479 e. The van der Waals surface area contributed by atoms with Crippen molar-refractivity contribution in [3.05, 3.63) is 0 Å². The molecule has 3 N–H and O–H groups in total. The molecule has 0 fully saturated rings. The Morgan fingerprint density at radius 1 is 1.50 bits per heavy atom. The van der Waals surface area contributed by atoms with E-state index in [0.29, 0.717) is 19.6 Å². The standard InChI is InChI=1S/C9H18N2O5/c1-11(4-3-5-16-2)9(15)10-6-7(12)8(13)14/h7,12H,3-6H2,1-2H3,(H,10,15)(H,13,14)/t7-/m0/s1. The molecule has 0 aliphatic heterocycles. The average molecular weight is 234 g/mol. The number of hydrogen-bond donors (Lipinski definition) is 3. The molecule has 2 amide bonds. The van der Waals surface area contributed by atoms with Crippen LogP contribution in [0.15, 0.2) is 0 Å². The quantitative estimate of drug-likeness (QED) is 0.496. The number of nitrogens with one attached hydrogen (secondary N) is 1. The van der Waals surface area contributed by atoms with Gasteiger partial charge < -0.3 is 25.2 Å². The van der Waals surface area contributed by atoms with Gasteiger partial charge in [-0.2, -0.15) is 0 Å². The minimum absolute atomic E-state index is 0.303. The monoisotopic (exact) mass is 234 g/mol. The summed E-state index contributed by atoms with van der Waals surface area (Å²) in [6.07, 6.45) is -0.877. The minimum atomic E-state index is -1.57. The highest BCUT2D eigenvalue weighted by molar-refractivity contribution is 5.76. The molecule has 94 valence electrons. The summed E-state index contributed by atoms with van der Waals surface area (Å²) in [5, 5.41) is 19.6. The second kappa shape index (κ2) is 7.89. The van der Waals surface area contributed by atoms with E-state index >= 15 is 0 Å². The number of urea groups is 1. The van der Waals surface area contributed by atoms with Gasteiger partial charge in [0.15, 0.2) is 6.10 Å². The molecule has 0 saturated heterocycles. The smallest absolute Gasteiger partial charge is 0.334 e. The van der Waals surface area contributed by atoms with Crippen LogP contribution in [0.3, 0.4) is 0 Å². The van der Waals surface area contributed by atoms with Gasteiger partial charge in [0.25, 0.3) is 0 Å². The fourth-order valence-electron chi connectivity index (χ4n) is 0.954. The molecular weight excluding hydrogens is 216 g/mol. The van der Waals surface area contributed by atoms with E-state index in [-0.39, 0.29) is 6.54 Å². The number of carboxylic acid groups (broad SMARTS) is 1.